The molecule has 0 unspecified atom stereocenters. The van der Waals surface area contributed by atoms with Crippen molar-refractivity contribution >= 4 is 17.5 Å². The number of benzene rings is 1. The van der Waals surface area contributed by atoms with Crippen molar-refractivity contribution in [3.63, 3.8) is 0 Å². The van der Waals surface area contributed by atoms with Crippen LogP contribution in [0.15, 0.2) is 30.3 Å². The first-order chi connectivity index (χ1) is 9.43. The Labute approximate surface area is 119 Å². The van der Waals surface area contributed by atoms with Crippen molar-refractivity contribution in [3.05, 3.63) is 41.5 Å². The summed E-state index contributed by atoms with van der Waals surface area (Å²) < 4.78 is 4.56. The third-order valence-corrected chi connectivity index (χ3v) is 2.64. The van der Waals surface area contributed by atoms with E-state index in [4.69, 9.17) is 0 Å². The number of rotatable bonds is 6. The van der Waals surface area contributed by atoms with Crippen LogP contribution >= 0.6 is 0 Å². The number of hydrogen-bond acceptors (Lipinski definition) is 4. The lowest BCUT2D eigenvalue weighted by atomic mass is 10.0. The highest BCUT2D eigenvalue weighted by Crippen LogP contribution is 2.15. The van der Waals surface area contributed by atoms with Crippen LogP contribution in [0.3, 0.4) is 0 Å². The maximum Gasteiger partial charge on any atom is 0.379 e. The minimum atomic E-state index is -0.963. The number of aliphatic hydroxyl groups excluding tert-OH is 1. The van der Waals surface area contributed by atoms with Crippen LogP contribution < -0.4 is 0 Å². The molecule has 4 nitrogen and oxygen atoms in total. The van der Waals surface area contributed by atoms with Gasteiger partial charge in [0.25, 0.3) is 5.78 Å². The number of hydrogen-bond donors (Lipinski definition) is 1. The summed E-state index contributed by atoms with van der Waals surface area (Å²) in [5.41, 5.74) is 1.66. The van der Waals surface area contributed by atoms with E-state index in [9.17, 15) is 14.7 Å². The van der Waals surface area contributed by atoms with Crippen LogP contribution in [-0.2, 0) is 20.7 Å². The van der Waals surface area contributed by atoms with E-state index in [1.807, 2.05) is 12.1 Å². The van der Waals surface area contributed by atoms with Crippen LogP contribution in [0.5, 0.6) is 0 Å². The van der Waals surface area contributed by atoms with E-state index in [-0.39, 0.29) is 12.4 Å². The number of aliphatic hydroxyl groups is 1. The Morgan fingerprint density at radius 1 is 1.25 bits per heavy atom. The highest BCUT2D eigenvalue weighted by Gasteiger charge is 2.13. The molecule has 0 aliphatic carbocycles. The Morgan fingerprint density at radius 2 is 1.85 bits per heavy atom. The minimum absolute atomic E-state index is 0.128. The van der Waals surface area contributed by atoms with Crippen molar-refractivity contribution in [2.75, 3.05) is 6.61 Å². The van der Waals surface area contributed by atoms with Gasteiger partial charge in [0.05, 0.1) is 6.61 Å². The molecule has 0 bridgehead atoms. The van der Waals surface area contributed by atoms with Crippen LogP contribution in [0.4, 0.5) is 0 Å². The fraction of sp³-hybridized carbons (Fsp3) is 0.375. The molecule has 0 radical (unpaired) electrons. The van der Waals surface area contributed by atoms with Gasteiger partial charge in [-0.3, -0.25) is 4.79 Å². The lowest BCUT2D eigenvalue weighted by molar-refractivity contribution is -0.151. The fourth-order valence-corrected chi connectivity index (χ4v) is 1.75. The first kappa shape index (κ1) is 16.0. The van der Waals surface area contributed by atoms with Gasteiger partial charge in [0.2, 0.25) is 0 Å². The zero-order valence-corrected chi connectivity index (χ0v) is 12.1. The molecule has 1 rings (SSSR count). The van der Waals surface area contributed by atoms with Gasteiger partial charge >= 0.3 is 5.97 Å². The average Bonchev–Trinajstić information content (AvgIpc) is 2.39. The summed E-state index contributed by atoms with van der Waals surface area (Å²) in [7, 11) is 0. The van der Waals surface area contributed by atoms with E-state index in [1.54, 1.807) is 19.1 Å². The Kier molecular flexibility index (Phi) is 5.97. The molecule has 1 N–H and O–H groups in total. The van der Waals surface area contributed by atoms with Crippen LogP contribution in [0, 0.1) is 5.92 Å². The molecule has 108 valence electrons. The second kappa shape index (κ2) is 7.48. The van der Waals surface area contributed by atoms with Crippen LogP contribution in [0.1, 0.15) is 31.9 Å². The van der Waals surface area contributed by atoms with E-state index in [0.29, 0.717) is 11.5 Å². The highest BCUT2D eigenvalue weighted by atomic mass is 16.5. The van der Waals surface area contributed by atoms with Gasteiger partial charge < -0.3 is 9.84 Å². The molecule has 0 fully saturated rings. The second-order valence-electron chi connectivity index (χ2n) is 4.91. The summed E-state index contributed by atoms with van der Waals surface area (Å²) in [6, 6.07) is 7.24. The predicted molar refractivity (Wildman–Crippen MR) is 77.2 cm³/mol. The Hall–Kier alpha value is -2.10. The topological polar surface area (TPSA) is 63.6 Å². The van der Waals surface area contributed by atoms with E-state index in [2.05, 4.69) is 18.6 Å². The molecule has 20 heavy (non-hydrogen) atoms. The van der Waals surface area contributed by atoms with Crippen LogP contribution in [0.2, 0.25) is 0 Å². The number of esters is 1. The first-order valence-corrected chi connectivity index (χ1v) is 6.65. The third kappa shape index (κ3) is 4.88. The summed E-state index contributed by atoms with van der Waals surface area (Å²) in [6.07, 6.45) is 1.84. The monoisotopic (exact) mass is 276 g/mol. The maximum atomic E-state index is 11.4. The Bertz CT molecular complexity index is 498. The Balaban J connectivity index is 2.79. The van der Waals surface area contributed by atoms with Gasteiger partial charge in [-0.1, -0.05) is 38.1 Å². The molecule has 4 heteroatoms. The van der Waals surface area contributed by atoms with Crippen LogP contribution in [0.25, 0.3) is 5.76 Å². The van der Waals surface area contributed by atoms with Gasteiger partial charge in [0.1, 0.15) is 5.76 Å². The van der Waals surface area contributed by atoms with E-state index >= 15 is 0 Å². The highest BCUT2D eigenvalue weighted by molar-refractivity contribution is 6.39. The molecule has 0 aliphatic rings. The van der Waals surface area contributed by atoms with Crippen LogP contribution in [-0.4, -0.2) is 23.5 Å². The molecule has 0 saturated heterocycles. The van der Waals surface area contributed by atoms with Crippen molar-refractivity contribution in [2.45, 2.75) is 27.2 Å². The molecular formula is C16H20O4. The van der Waals surface area contributed by atoms with E-state index < -0.39 is 11.8 Å². The molecular weight excluding hydrogens is 256 g/mol. The standard InChI is InChI=1S/C16H20O4/c1-4-20-16(19)15(18)10-14(17)13-7-5-12(6-8-13)9-11(2)3/h5-8,10-11,17H,4,9H2,1-3H3. The molecule has 0 atom stereocenters. The summed E-state index contributed by atoms with van der Waals surface area (Å²) >= 11 is 0. The number of ether oxygens (including phenoxy) is 1. The van der Waals surface area contributed by atoms with Gasteiger partial charge in [0, 0.05) is 11.6 Å². The zero-order chi connectivity index (χ0) is 15.1. The van der Waals surface area contributed by atoms with Gasteiger partial charge in [-0.2, -0.15) is 0 Å². The second-order valence-corrected chi connectivity index (χ2v) is 4.91. The van der Waals surface area contributed by atoms with Gasteiger partial charge in [-0.05, 0) is 24.8 Å². The molecule has 0 amide bonds. The van der Waals surface area contributed by atoms with E-state index in [0.717, 1.165) is 18.1 Å². The lowest BCUT2D eigenvalue weighted by Crippen LogP contribution is -2.15. The third-order valence-electron chi connectivity index (χ3n) is 2.64. The summed E-state index contributed by atoms with van der Waals surface area (Å²) in [6.45, 7) is 6.00. The van der Waals surface area contributed by atoms with Crippen molar-refractivity contribution in [3.8, 4) is 0 Å². The van der Waals surface area contributed by atoms with Crippen molar-refractivity contribution < 1.29 is 19.4 Å². The van der Waals surface area contributed by atoms with E-state index in [1.165, 1.54) is 0 Å². The quantitative estimate of drug-likeness (QED) is 0.375. The summed E-state index contributed by atoms with van der Waals surface area (Å²) in [5, 5.41) is 9.81. The van der Waals surface area contributed by atoms with Gasteiger partial charge in [-0.25, -0.2) is 4.79 Å². The molecule has 1 aromatic rings. The molecule has 0 heterocycles. The normalized spacial score (nSPS) is 11.5. The molecule has 0 spiro atoms. The zero-order valence-electron chi connectivity index (χ0n) is 12.1. The maximum absolute atomic E-state index is 11.4. The molecule has 1 aromatic carbocycles. The van der Waals surface area contributed by atoms with Crippen molar-refractivity contribution in [2.24, 2.45) is 5.92 Å². The molecule has 0 aromatic heterocycles. The van der Waals surface area contributed by atoms with Gasteiger partial charge in [0.15, 0.2) is 0 Å². The predicted octanol–water partition coefficient (Wildman–Crippen LogP) is 2.92. The van der Waals surface area contributed by atoms with Crippen molar-refractivity contribution in [1.29, 1.82) is 0 Å². The smallest absolute Gasteiger partial charge is 0.379 e. The molecule has 0 saturated carbocycles. The average molecular weight is 276 g/mol. The molecule has 0 aliphatic heterocycles. The summed E-state index contributed by atoms with van der Waals surface area (Å²) in [4.78, 5) is 22.6. The largest absolute Gasteiger partial charge is 0.507 e. The number of ketones is 1. The first-order valence-electron chi connectivity index (χ1n) is 6.65. The van der Waals surface area contributed by atoms with Crippen molar-refractivity contribution in [1.82, 2.24) is 0 Å². The summed E-state index contributed by atoms with van der Waals surface area (Å²) in [5.74, 6) is -1.51. The minimum Gasteiger partial charge on any atom is -0.507 e. The number of carbonyl (C=O) groups excluding carboxylic acids is 2. The Morgan fingerprint density at radius 3 is 2.35 bits per heavy atom. The lowest BCUT2D eigenvalue weighted by Gasteiger charge is -2.06. The van der Waals surface area contributed by atoms with Gasteiger partial charge in [-0.15, -0.1) is 0 Å². The number of carbonyl (C=O) groups is 2. The fourth-order valence-electron chi connectivity index (χ4n) is 1.75. The SMILES string of the molecule is CCOC(=O)C(=O)C=C(O)c1ccc(CC(C)C)cc1.